The van der Waals surface area contributed by atoms with Crippen LogP contribution in [0.5, 0.6) is 0 Å². The molecule has 0 fully saturated rings. The van der Waals surface area contributed by atoms with Gasteiger partial charge in [0.1, 0.15) is 23.6 Å². The van der Waals surface area contributed by atoms with Crippen LogP contribution in [0.4, 0.5) is 14.5 Å². The van der Waals surface area contributed by atoms with Crippen LogP contribution in [0.2, 0.25) is 0 Å². The summed E-state index contributed by atoms with van der Waals surface area (Å²) in [5.74, 6) is -4.27. The van der Waals surface area contributed by atoms with Gasteiger partial charge in [-0.1, -0.05) is 30.3 Å². The zero-order valence-electron chi connectivity index (χ0n) is 21.8. The number of aromatic nitrogens is 1. The molecule has 206 valence electrons. The predicted molar refractivity (Wildman–Crippen MR) is 146 cm³/mol. The lowest BCUT2D eigenvalue weighted by Crippen LogP contribution is -2.51. The first-order valence-corrected chi connectivity index (χ1v) is 12.9. The number of carbonyl (C=O) groups excluding carboxylic acids is 3. The monoisotopic (exact) mass is 545 g/mol. The Bertz CT molecular complexity index is 1580. The third-order valence-corrected chi connectivity index (χ3v) is 7.22. The molecule has 0 spiro atoms. The van der Waals surface area contributed by atoms with Crippen LogP contribution in [-0.2, 0) is 40.4 Å². The van der Waals surface area contributed by atoms with E-state index in [1.807, 2.05) is 42.6 Å². The summed E-state index contributed by atoms with van der Waals surface area (Å²) >= 11 is 0. The second kappa shape index (κ2) is 11.2. The van der Waals surface area contributed by atoms with Crippen molar-refractivity contribution in [1.29, 1.82) is 0 Å². The van der Waals surface area contributed by atoms with E-state index in [-0.39, 0.29) is 24.4 Å². The average Bonchev–Trinajstić information content (AvgIpc) is 3.55. The van der Waals surface area contributed by atoms with Crippen molar-refractivity contribution in [2.75, 3.05) is 5.73 Å². The Morgan fingerprint density at radius 3 is 2.50 bits per heavy atom. The zero-order chi connectivity index (χ0) is 28.4. The second-order valence-electron chi connectivity index (χ2n) is 10.0. The number of benzene rings is 3. The molecule has 5 N–H and O–H groups in total. The van der Waals surface area contributed by atoms with Crippen LogP contribution in [0.25, 0.3) is 10.9 Å². The highest BCUT2D eigenvalue weighted by atomic mass is 19.1. The molecule has 0 saturated carbocycles. The summed E-state index contributed by atoms with van der Waals surface area (Å²) in [4.78, 5) is 44.6. The minimum Gasteiger partial charge on any atom is -0.398 e. The number of halogens is 2. The lowest BCUT2D eigenvalue weighted by atomic mass is 10.0. The summed E-state index contributed by atoms with van der Waals surface area (Å²) in [6.45, 7) is 1.94. The molecule has 1 aliphatic rings. The number of amides is 3. The molecular formula is C30H29F2N5O3. The van der Waals surface area contributed by atoms with Gasteiger partial charge in [-0.3, -0.25) is 14.4 Å². The maximum absolute atomic E-state index is 13.8. The number of hydrogen-bond acceptors (Lipinski definition) is 4. The summed E-state index contributed by atoms with van der Waals surface area (Å²) in [6.07, 6.45) is 2.01. The normalized spacial score (nSPS) is 14.0. The molecule has 1 aromatic heterocycles. The van der Waals surface area contributed by atoms with Crippen LogP contribution in [-0.4, -0.2) is 33.6 Å². The Hall–Kier alpha value is -4.73. The Labute approximate surface area is 229 Å². The number of fused-ring (bicyclic) bond motifs is 2. The maximum atomic E-state index is 13.8. The lowest BCUT2D eigenvalue weighted by Gasteiger charge is -2.25. The molecule has 3 amide bonds. The molecule has 40 heavy (non-hydrogen) atoms. The second-order valence-corrected chi connectivity index (χ2v) is 10.0. The molecule has 2 atom stereocenters. The number of nitrogens with zero attached hydrogens (tertiary/aromatic N) is 1. The molecule has 2 unspecified atom stereocenters. The van der Waals surface area contributed by atoms with E-state index in [2.05, 4.69) is 15.6 Å². The van der Waals surface area contributed by atoms with Crippen molar-refractivity contribution in [2.24, 2.45) is 5.92 Å². The quantitative estimate of drug-likeness (QED) is 0.200. The SMILES string of the molecule is CC(C(=O)NCc1cc(F)cc(F)c1)C(=O)NC(Cc1c[nH]c2ccccc12)C(=O)N1Cc2cccc(N)c2C1. The third kappa shape index (κ3) is 5.66. The first kappa shape index (κ1) is 26.9. The van der Waals surface area contributed by atoms with Gasteiger partial charge < -0.3 is 26.3 Å². The Balaban J connectivity index is 1.32. The Morgan fingerprint density at radius 1 is 1.00 bits per heavy atom. The van der Waals surface area contributed by atoms with Gasteiger partial charge in [-0.15, -0.1) is 0 Å². The number of H-pyrrole nitrogens is 1. The predicted octanol–water partition coefficient (Wildman–Crippen LogP) is 3.55. The maximum Gasteiger partial charge on any atom is 0.246 e. The van der Waals surface area contributed by atoms with E-state index in [0.29, 0.717) is 18.8 Å². The topological polar surface area (TPSA) is 120 Å². The summed E-state index contributed by atoms with van der Waals surface area (Å²) in [5, 5.41) is 6.24. The van der Waals surface area contributed by atoms with Crippen LogP contribution < -0.4 is 16.4 Å². The van der Waals surface area contributed by atoms with E-state index in [0.717, 1.165) is 45.8 Å². The summed E-state index contributed by atoms with van der Waals surface area (Å²) in [5.41, 5.74) is 10.5. The summed E-state index contributed by atoms with van der Waals surface area (Å²) in [6, 6.07) is 15.2. The lowest BCUT2D eigenvalue weighted by molar-refractivity contribution is -0.140. The first-order valence-electron chi connectivity index (χ1n) is 12.9. The molecule has 0 radical (unpaired) electrons. The minimum atomic E-state index is -1.16. The number of aromatic amines is 1. The van der Waals surface area contributed by atoms with E-state index in [1.54, 1.807) is 11.0 Å². The summed E-state index contributed by atoms with van der Waals surface area (Å²) in [7, 11) is 0. The average molecular weight is 546 g/mol. The number of nitrogens with one attached hydrogen (secondary N) is 3. The fourth-order valence-electron chi connectivity index (χ4n) is 5.02. The number of hydrogen-bond donors (Lipinski definition) is 4. The molecule has 0 saturated heterocycles. The number of nitrogens with two attached hydrogens (primary N) is 1. The van der Waals surface area contributed by atoms with Crippen molar-refractivity contribution in [3.8, 4) is 0 Å². The largest absolute Gasteiger partial charge is 0.398 e. The van der Waals surface area contributed by atoms with Gasteiger partial charge in [0.2, 0.25) is 17.7 Å². The first-order chi connectivity index (χ1) is 19.2. The van der Waals surface area contributed by atoms with Crippen LogP contribution in [0.15, 0.2) is 66.9 Å². The van der Waals surface area contributed by atoms with Crippen LogP contribution in [0.3, 0.4) is 0 Å². The fraction of sp³-hybridized carbons (Fsp3) is 0.233. The zero-order valence-corrected chi connectivity index (χ0v) is 21.8. The number of rotatable bonds is 8. The van der Waals surface area contributed by atoms with Crippen molar-refractivity contribution in [1.82, 2.24) is 20.5 Å². The highest BCUT2D eigenvalue weighted by Crippen LogP contribution is 2.29. The van der Waals surface area contributed by atoms with Crippen LogP contribution in [0.1, 0.15) is 29.2 Å². The molecular weight excluding hydrogens is 516 g/mol. The minimum absolute atomic E-state index is 0.156. The molecule has 2 heterocycles. The van der Waals surface area contributed by atoms with E-state index in [1.165, 1.54) is 6.92 Å². The van der Waals surface area contributed by atoms with Gasteiger partial charge in [0.25, 0.3) is 0 Å². The van der Waals surface area contributed by atoms with Gasteiger partial charge in [-0.2, -0.15) is 0 Å². The van der Waals surface area contributed by atoms with Crippen LogP contribution >= 0.6 is 0 Å². The van der Waals surface area contributed by atoms with Crippen LogP contribution in [0, 0.1) is 17.6 Å². The molecule has 0 bridgehead atoms. The van der Waals surface area contributed by atoms with Gasteiger partial charge in [0, 0.05) is 54.9 Å². The van der Waals surface area contributed by atoms with Gasteiger partial charge in [0.05, 0.1) is 0 Å². The smallest absolute Gasteiger partial charge is 0.246 e. The Kier molecular flexibility index (Phi) is 7.50. The van der Waals surface area contributed by atoms with Crippen molar-refractivity contribution in [3.05, 3.63) is 101 Å². The number of carbonyl (C=O) groups is 3. The van der Waals surface area contributed by atoms with Crippen molar-refractivity contribution < 1.29 is 23.2 Å². The van der Waals surface area contributed by atoms with Gasteiger partial charge >= 0.3 is 0 Å². The standard InChI is InChI=1S/C30H29F2N5O3/c1-17(28(38)35-13-18-9-21(31)12-22(32)10-18)29(39)36-27(11-20-14-34-26-8-3-2-6-23(20)26)30(40)37-15-19-5-4-7-25(33)24(19)16-37/h2-10,12,14,17,27,34H,11,13,15-16,33H2,1H3,(H,35,38)(H,36,39). The molecule has 3 aromatic carbocycles. The van der Waals surface area contributed by atoms with Gasteiger partial charge in [-0.25, -0.2) is 8.78 Å². The number of anilines is 1. The number of para-hydroxylation sites is 1. The van der Waals surface area contributed by atoms with Gasteiger partial charge in [-0.05, 0) is 53.4 Å². The molecule has 0 aliphatic carbocycles. The molecule has 5 rings (SSSR count). The van der Waals surface area contributed by atoms with Crippen molar-refractivity contribution >= 4 is 34.3 Å². The molecule has 10 heteroatoms. The van der Waals surface area contributed by atoms with E-state index >= 15 is 0 Å². The van der Waals surface area contributed by atoms with E-state index in [4.69, 9.17) is 5.73 Å². The third-order valence-electron chi connectivity index (χ3n) is 7.22. The Morgan fingerprint density at radius 2 is 1.75 bits per heavy atom. The van der Waals surface area contributed by atoms with Crippen molar-refractivity contribution in [2.45, 2.75) is 39.0 Å². The summed E-state index contributed by atoms with van der Waals surface area (Å²) < 4.78 is 27.0. The molecule has 4 aromatic rings. The number of nitrogen functional groups attached to an aromatic ring is 1. The van der Waals surface area contributed by atoms with E-state index in [9.17, 15) is 23.2 Å². The molecule has 8 nitrogen and oxygen atoms in total. The van der Waals surface area contributed by atoms with E-state index < -0.39 is 35.4 Å². The van der Waals surface area contributed by atoms with Crippen molar-refractivity contribution in [3.63, 3.8) is 0 Å². The molecule has 1 aliphatic heterocycles. The highest BCUT2D eigenvalue weighted by Gasteiger charge is 2.33. The van der Waals surface area contributed by atoms with Gasteiger partial charge in [0.15, 0.2) is 0 Å². The fourth-order valence-corrected chi connectivity index (χ4v) is 5.02. The highest BCUT2D eigenvalue weighted by molar-refractivity contribution is 6.01.